The number of carboxylic acid groups (broad SMARTS) is 1. The van der Waals surface area contributed by atoms with Gasteiger partial charge in [0.2, 0.25) is 5.91 Å². The molecule has 1 aromatic rings. The Bertz CT molecular complexity index is 448. The molecule has 4 nitrogen and oxygen atoms in total. The first-order valence-electron chi connectivity index (χ1n) is 6.53. The third kappa shape index (κ3) is 5.12. The Morgan fingerprint density at radius 1 is 1.21 bits per heavy atom. The van der Waals surface area contributed by atoms with Gasteiger partial charge in [-0.15, -0.1) is 0 Å². The van der Waals surface area contributed by atoms with Crippen molar-refractivity contribution in [3.63, 3.8) is 0 Å². The molecule has 1 unspecified atom stereocenters. The second-order valence-electron chi connectivity index (χ2n) is 4.90. The van der Waals surface area contributed by atoms with Crippen molar-refractivity contribution in [3.8, 4) is 0 Å². The van der Waals surface area contributed by atoms with Gasteiger partial charge in [-0.25, -0.2) is 0 Å². The highest BCUT2D eigenvalue weighted by Gasteiger charge is 2.17. The van der Waals surface area contributed by atoms with Crippen molar-refractivity contribution < 1.29 is 14.7 Å². The number of carboxylic acids is 1. The van der Waals surface area contributed by atoms with Crippen LogP contribution in [0.5, 0.6) is 0 Å². The minimum atomic E-state index is -0.863. The zero-order valence-electron chi connectivity index (χ0n) is 11.7. The van der Waals surface area contributed by atoms with Crippen molar-refractivity contribution >= 4 is 17.6 Å². The maximum absolute atomic E-state index is 12.1. The molecule has 0 saturated heterocycles. The Morgan fingerprint density at radius 2 is 1.79 bits per heavy atom. The summed E-state index contributed by atoms with van der Waals surface area (Å²) < 4.78 is 0. The average Bonchev–Trinajstić information content (AvgIpc) is 2.27. The van der Waals surface area contributed by atoms with Gasteiger partial charge in [-0.1, -0.05) is 13.0 Å². The zero-order valence-corrected chi connectivity index (χ0v) is 11.7. The molecule has 0 bridgehead atoms. The Kier molecular flexibility index (Phi) is 5.55. The third-order valence-electron chi connectivity index (χ3n) is 3.06. The van der Waals surface area contributed by atoms with E-state index in [0.717, 1.165) is 16.8 Å². The van der Waals surface area contributed by atoms with Crippen LogP contribution in [-0.4, -0.2) is 17.0 Å². The van der Waals surface area contributed by atoms with Crippen LogP contribution in [0, 0.1) is 19.8 Å². The number of carbonyl (C=O) groups excluding carboxylic acids is 1. The number of hydrogen-bond acceptors (Lipinski definition) is 2. The molecular weight excluding hydrogens is 242 g/mol. The molecule has 0 heterocycles. The Labute approximate surface area is 113 Å². The topological polar surface area (TPSA) is 66.4 Å². The number of anilines is 1. The van der Waals surface area contributed by atoms with Crippen molar-refractivity contribution in [2.24, 2.45) is 5.92 Å². The number of nitrogens with one attached hydrogen (secondary N) is 1. The summed E-state index contributed by atoms with van der Waals surface area (Å²) >= 11 is 0. The van der Waals surface area contributed by atoms with Crippen molar-refractivity contribution in [3.05, 3.63) is 29.3 Å². The van der Waals surface area contributed by atoms with Crippen molar-refractivity contribution in [1.29, 1.82) is 0 Å². The van der Waals surface area contributed by atoms with E-state index in [9.17, 15) is 9.59 Å². The molecule has 0 fully saturated rings. The molecule has 1 amide bonds. The maximum Gasteiger partial charge on any atom is 0.303 e. The first-order chi connectivity index (χ1) is 8.92. The van der Waals surface area contributed by atoms with Crippen molar-refractivity contribution in [2.45, 2.75) is 40.0 Å². The van der Waals surface area contributed by atoms with Gasteiger partial charge in [-0.3, -0.25) is 9.59 Å². The normalized spacial score (nSPS) is 11.9. The molecule has 0 spiro atoms. The lowest BCUT2D eigenvalue weighted by Crippen LogP contribution is -2.23. The van der Waals surface area contributed by atoms with Crippen LogP contribution < -0.4 is 5.32 Å². The molecule has 0 aromatic heterocycles. The fraction of sp³-hybridized carbons (Fsp3) is 0.467. The monoisotopic (exact) mass is 263 g/mol. The summed E-state index contributed by atoms with van der Waals surface area (Å²) in [5, 5.41) is 11.5. The summed E-state index contributed by atoms with van der Waals surface area (Å²) in [6.45, 7) is 5.85. The third-order valence-corrected chi connectivity index (χ3v) is 3.06. The number of hydrogen-bond donors (Lipinski definition) is 2. The largest absolute Gasteiger partial charge is 0.481 e. The van der Waals surface area contributed by atoms with E-state index in [1.807, 2.05) is 39.0 Å². The van der Waals surface area contributed by atoms with Crippen LogP contribution in [-0.2, 0) is 9.59 Å². The molecule has 4 heteroatoms. The molecule has 1 rings (SSSR count). The van der Waals surface area contributed by atoms with Gasteiger partial charge in [-0.2, -0.15) is 0 Å². The summed E-state index contributed by atoms with van der Waals surface area (Å²) in [5.74, 6) is -1.22. The molecule has 104 valence electrons. The highest BCUT2D eigenvalue weighted by molar-refractivity contribution is 5.92. The fourth-order valence-electron chi connectivity index (χ4n) is 2.11. The lowest BCUT2D eigenvalue weighted by molar-refractivity contribution is -0.137. The summed E-state index contributed by atoms with van der Waals surface area (Å²) in [6, 6.07) is 5.86. The molecule has 19 heavy (non-hydrogen) atoms. The van der Waals surface area contributed by atoms with E-state index in [1.165, 1.54) is 0 Å². The quantitative estimate of drug-likeness (QED) is 0.828. The minimum absolute atomic E-state index is 0.0266. The molecular formula is C15H21NO3. The van der Waals surface area contributed by atoms with Crippen LogP contribution in [0.1, 0.15) is 37.3 Å². The smallest absolute Gasteiger partial charge is 0.303 e. The number of aliphatic carboxylic acids is 1. The van der Waals surface area contributed by atoms with Gasteiger partial charge in [-0.05, 0) is 49.9 Å². The lowest BCUT2D eigenvalue weighted by atomic mass is 9.99. The number of amides is 1. The van der Waals surface area contributed by atoms with Gasteiger partial charge < -0.3 is 10.4 Å². The summed E-state index contributed by atoms with van der Waals surface area (Å²) in [7, 11) is 0. The second kappa shape index (κ2) is 6.92. The second-order valence-corrected chi connectivity index (χ2v) is 4.90. The molecule has 0 saturated carbocycles. The number of aryl methyl sites for hydroxylation is 2. The molecule has 2 N–H and O–H groups in total. The average molecular weight is 263 g/mol. The standard InChI is InChI=1S/C15H21NO3/c1-4-12(5-6-14(17)18)15(19)16-13-8-10(2)7-11(3)9-13/h7-9,12H,4-6H2,1-3H3,(H,16,19)(H,17,18). The van der Waals surface area contributed by atoms with Gasteiger partial charge in [0.15, 0.2) is 0 Å². The van der Waals surface area contributed by atoms with Crippen molar-refractivity contribution in [1.82, 2.24) is 0 Å². The molecule has 0 aliphatic rings. The van der Waals surface area contributed by atoms with E-state index in [-0.39, 0.29) is 18.2 Å². The molecule has 0 aliphatic heterocycles. The molecule has 1 aromatic carbocycles. The SMILES string of the molecule is CCC(CCC(=O)O)C(=O)Nc1cc(C)cc(C)c1. The molecule has 0 radical (unpaired) electrons. The molecule has 1 atom stereocenters. The zero-order chi connectivity index (χ0) is 14.4. The number of benzene rings is 1. The van der Waals surface area contributed by atoms with E-state index < -0.39 is 5.97 Å². The van der Waals surface area contributed by atoms with E-state index in [2.05, 4.69) is 5.32 Å². The maximum atomic E-state index is 12.1. The van der Waals surface area contributed by atoms with Crippen LogP contribution in [0.4, 0.5) is 5.69 Å². The van der Waals surface area contributed by atoms with Crippen LogP contribution >= 0.6 is 0 Å². The van der Waals surface area contributed by atoms with Gasteiger partial charge >= 0.3 is 5.97 Å². The van der Waals surface area contributed by atoms with Crippen LogP contribution in [0.15, 0.2) is 18.2 Å². The lowest BCUT2D eigenvalue weighted by Gasteiger charge is -2.14. The summed E-state index contributed by atoms with van der Waals surface area (Å²) in [4.78, 5) is 22.6. The first-order valence-corrected chi connectivity index (χ1v) is 6.53. The summed E-state index contributed by atoms with van der Waals surface area (Å²) in [6.07, 6.45) is 1.05. The number of carbonyl (C=O) groups is 2. The van der Waals surface area contributed by atoms with Crippen molar-refractivity contribution in [2.75, 3.05) is 5.32 Å². The van der Waals surface area contributed by atoms with Crippen LogP contribution in [0.2, 0.25) is 0 Å². The van der Waals surface area contributed by atoms with Gasteiger partial charge in [0, 0.05) is 18.0 Å². The predicted molar refractivity (Wildman–Crippen MR) is 75.2 cm³/mol. The van der Waals surface area contributed by atoms with E-state index in [1.54, 1.807) is 0 Å². The Balaban J connectivity index is 2.68. The van der Waals surface area contributed by atoms with Crippen LogP contribution in [0.3, 0.4) is 0 Å². The fourth-order valence-corrected chi connectivity index (χ4v) is 2.11. The van der Waals surface area contributed by atoms with E-state index in [0.29, 0.717) is 12.8 Å². The van der Waals surface area contributed by atoms with Gasteiger partial charge in [0.1, 0.15) is 0 Å². The minimum Gasteiger partial charge on any atom is -0.481 e. The van der Waals surface area contributed by atoms with Gasteiger partial charge in [0.05, 0.1) is 0 Å². The Hall–Kier alpha value is -1.84. The number of rotatable bonds is 6. The molecule has 0 aliphatic carbocycles. The highest BCUT2D eigenvalue weighted by Crippen LogP contribution is 2.17. The van der Waals surface area contributed by atoms with Gasteiger partial charge in [0.25, 0.3) is 0 Å². The predicted octanol–water partition coefficient (Wildman–Crippen LogP) is 3.13. The highest BCUT2D eigenvalue weighted by atomic mass is 16.4. The van der Waals surface area contributed by atoms with Crippen LogP contribution in [0.25, 0.3) is 0 Å². The van der Waals surface area contributed by atoms with E-state index in [4.69, 9.17) is 5.11 Å². The van der Waals surface area contributed by atoms with E-state index >= 15 is 0 Å². The summed E-state index contributed by atoms with van der Waals surface area (Å²) in [5.41, 5.74) is 2.96. The Morgan fingerprint density at radius 3 is 2.26 bits per heavy atom. The first kappa shape index (κ1) is 15.2.